The Balaban J connectivity index is 2.15. The molecule has 0 bridgehead atoms. The van der Waals surface area contributed by atoms with Gasteiger partial charge in [0, 0.05) is 32.9 Å². The van der Waals surface area contributed by atoms with E-state index in [2.05, 4.69) is 51.8 Å². The number of anilines is 1. The molecule has 2 N–H and O–H groups in total. The first kappa shape index (κ1) is 11.2. The predicted octanol–water partition coefficient (Wildman–Crippen LogP) is 3.57. The molecule has 0 saturated heterocycles. The number of hydrogen-bond acceptors (Lipinski definition) is 8. The van der Waals surface area contributed by atoms with E-state index in [0.29, 0.717) is 6.33 Å². The Labute approximate surface area is 223 Å². The lowest BCUT2D eigenvalue weighted by Crippen LogP contribution is -2.31. The monoisotopic (exact) mass is 601 g/mol. The van der Waals surface area contributed by atoms with Crippen LogP contribution in [0.5, 0.6) is 11.9 Å². The summed E-state index contributed by atoms with van der Waals surface area (Å²) in [5.74, 6) is -1.86. The number of aromatic nitrogens is 4. The van der Waals surface area contributed by atoms with Crippen molar-refractivity contribution in [2.75, 3.05) is 24.4 Å². The van der Waals surface area contributed by atoms with E-state index in [1.165, 1.54) is 4.72 Å². The summed E-state index contributed by atoms with van der Waals surface area (Å²) in [6.07, 6.45) is -4.09. The second kappa shape index (κ2) is 11.5. The van der Waals surface area contributed by atoms with E-state index in [4.69, 9.17) is 30.0 Å². The first-order valence-corrected chi connectivity index (χ1v) is 11.1. The molecule has 0 saturated carbocycles. The molecule has 2 aromatic heterocycles. The average Bonchev–Trinajstić information content (AvgIpc) is 2.92. The maximum atomic E-state index is 13.0. The van der Waals surface area contributed by atoms with Gasteiger partial charge >= 0.3 is 6.01 Å². The molecule has 10 nitrogen and oxygen atoms in total. The lowest BCUT2D eigenvalue weighted by atomic mass is 10.1. The summed E-state index contributed by atoms with van der Waals surface area (Å²) >= 11 is 5.83. The maximum absolute atomic E-state index is 13.0. The summed E-state index contributed by atoms with van der Waals surface area (Å²) in [7, 11) is -5.35. The van der Waals surface area contributed by atoms with Crippen LogP contribution < -0.4 is 18.9 Å². The molecule has 0 aliphatic carbocycles. The van der Waals surface area contributed by atoms with Crippen LogP contribution in [-0.4, -0.2) is 48.0 Å². The highest BCUT2D eigenvalue weighted by molar-refractivity contribution is 9.10. The number of ether oxygens (including phenoxy) is 2. The highest BCUT2D eigenvalue weighted by Crippen LogP contribution is 2.34. The van der Waals surface area contributed by atoms with Crippen molar-refractivity contribution in [2.24, 2.45) is 0 Å². The fourth-order valence-corrected chi connectivity index (χ4v) is 2.94. The number of benzene rings is 1. The van der Waals surface area contributed by atoms with Crippen LogP contribution in [0.25, 0.3) is 11.1 Å². The van der Waals surface area contributed by atoms with Crippen LogP contribution >= 0.6 is 31.9 Å². The van der Waals surface area contributed by atoms with Gasteiger partial charge in [-0.2, -0.15) is 13.1 Å². The summed E-state index contributed by atoms with van der Waals surface area (Å²) in [5, 5.41) is 0. The standard InChI is InChI=1S/C19H20Br2N6O4S/c1-2-7-26-32(28,29)27-17-16(13-3-5-14(20)6-4-13)18(25-12-24-17)30-8-9-31-19-22-10-15(21)11-23-19/h3-6,10-12,26H,2,7-9H2,1H3,(H,24,25,27)/i1D3,2D2,3D,4D,5D,6D,7D2,8D2,10D,11D. The summed E-state index contributed by atoms with van der Waals surface area (Å²) in [5.41, 5.74) is -1.55. The molecule has 3 rings (SSSR count). The molecule has 0 fully saturated rings. The zero-order valence-electron chi connectivity index (χ0n) is 30.4. The Morgan fingerprint density at radius 1 is 1.09 bits per heavy atom. The number of halogens is 2. The third kappa shape index (κ3) is 7.08. The fourth-order valence-electron chi connectivity index (χ4n) is 1.92. The highest BCUT2D eigenvalue weighted by Gasteiger charge is 2.19. The van der Waals surface area contributed by atoms with E-state index in [1.807, 2.05) is 0 Å². The third-order valence-electron chi connectivity index (χ3n) is 3.06. The van der Waals surface area contributed by atoms with E-state index >= 15 is 0 Å². The SMILES string of the molecule is [2H]c1nc(OCC([2H])([2H])Oc2ncnc(NS(=O)(=O)NC([2H])([2H])C([2H])([2H])C([2H])([2H])[2H])c2-c2c([2H])c([2H])c(Br)c([2H])c2[2H])nc([2H])c1Br. The normalized spacial score (nSPS) is 19.8. The van der Waals surface area contributed by atoms with Gasteiger partial charge in [0.2, 0.25) is 5.88 Å². The third-order valence-corrected chi connectivity index (χ3v) is 4.65. The van der Waals surface area contributed by atoms with Gasteiger partial charge in [0.15, 0.2) is 5.82 Å². The van der Waals surface area contributed by atoms with Crippen molar-refractivity contribution in [1.29, 1.82) is 0 Å². The van der Waals surface area contributed by atoms with Crippen molar-refractivity contribution in [3.63, 3.8) is 0 Å². The molecule has 32 heavy (non-hydrogen) atoms. The van der Waals surface area contributed by atoms with Crippen LogP contribution in [0.3, 0.4) is 0 Å². The molecule has 0 aliphatic heterocycles. The lowest BCUT2D eigenvalue weighted by Gasteiger charge is -2.15. The van der Waals surface area contributed by atoms with Crippen molar-refractivity contribution in [1.82, 2.24) is 24.7 Å². The molecule has 0 unspecified atom stereocenters. The van der Waals surface area contributed by atoms with Crippen molar-refractivity contribution >= 4 is 47.9 Å². The number of hydrogen-bond donors (Lipinski definition) is 2. The Morgan fingerprint density at radius 2 is 1.84 bits per heavy atom. The van der Waals surface area contributed by atoms with Gasteiger partial charge in [-0.1, -0.05) is 34.9 Å². The van der Waals surface area contributed by atoms with Gasteiger partial charge in [-0.15, -0.1) is 0 Å². The van der Waals surface area contributed by atoms with Gasteiger partial charge in [0.1, 0.15) is 19.5 Å². The molecular formula is C19H20Br2N6O4S. The molecule has 13 heteroatoms. The van der Waals surface area contributed by atoms with E-state index in [0.717, 1.165) is 0 Å². The lowest BCUT2D eigenvalue weighted by molar-refractivity contribution is 0.202. The average molecular weight is 603 g/mol. The number of rotatable bonds is 11. The Hall–Kier alpha value is -2.35. The molecule has 2 heterocycles. The topological polar surface area (TPSA) is 128 Å². The Morgan fingerprint density at radius 3 is 2.56 bits per heavy atom. The predicted molar refractivity (Wildman–Crippen MR) is 127 cm³/mol. The molecular weight excluding hydrogens is 568 g/mol. The van der Waals surface area contributed by atoms with Crippen LogP contribution in [0.2, 0.25) is 0 Å². The van der Waals surface area contributed by atoms with E-state index in [1.54, 1.807) is 4.72 Å². The summed E-state index contributed by atoms with van der Waals surface area (Å²) < 4.78 is 157. The molecule has 0 radical (unpaired) electrons. The number of nitrogens with one attached hydrogen (secondary N) is 2. The largest absolute Gasteiger partial charge is 0.473 e. The highest BCUT2D eigenvalue weighted by atomic mass is 79.9. The molecule has 1 aromatic carbocycles. The maximum Gasteiger partial charge on any atom is 0.316 e. The van der Waals surface area contributed by atoms with Crippen molar-refractivity contribution in [3.05, 3.63) is 51.8 Å². The van der Waals surface area contributed by atoms with Gasteiger partial charge < -0.3 is 9.47 Å². The van der Waals surface area contributed by atoms with E-state index in [-0.39, 0.29) is 8.95 Å². The number of nitrogens with zero attached hydrogens (tertiary/aromatic N) is 4. The Kier molecular flexibility index (Phi) is 4.02. The smallest absolute Gasteiger partial charge is 0.316 e. The van der Waals surface area contributed by atoms with Crippen LogP contribution in [0.1, 0.15) is 33.8 Å². The van der Waals surface area contributed by atoms with Crippen molar-refractivity contribution in [3.8, 4) is 23.0 Å². The quantitative estimate of drug-likeness (QED) is 0.341. The van der Waals surface area contributed by atoms with Gasteiger partial charge in [-0.25, -0.2) is 19.9 Å². The van der Waals surface area contributed by atoms with Crippen molar-refractivity contribution in [2.45, 2.75) is 13.2 Å². The minimum absolute atomic E-state index is 0.0729. The fraction of sp³-hybridized carbons (Fsp3) is 0.263. The van der Waals surface area contributed by atoms with Gasteiger partial charge in [0.05, 0.1) is 21.0 Å². The zero-order chi connectivity index (χ0) is 36.1. The Bertz CT molecular complexity index is 1770. The summed E-state index contributed by atoms with van der Waals surface area (Å²) in [6.45, 7) is -11.4. The molecule has 0 atom stereocenters. The molecule has 170 valence electrons. The van der Waals surface area contributed by atoms with Crippen LogP contribution in [0.4, 0.5) is 5.82 Å². The molecule has 0 aliphatic rings. The summed E-state index contributed by atoms with van der Waals surface area (Å²) in [6, 6.07) is -3.61. The molecule has 0 amide bonds. The second-order valence-electron chi connectivity index (χ2n) is 5.13. The van der Waals surface area contributed by atoms with Crippen molar-refractivity contribution < 1.29 is 38.5 Å². The van der Waals surface area contributed by atoms with E-state index in [9.17, 15) is 8.42 Å². The van der Waals surface area contributed by atoms with E-state index < -0.39 is 108 Å². The van der Waals surface area contributed by atoms with Gasteiger partial charge in [-0.05, 0) is 40.0 Å². The first-order valence-electron chi connectivity index (χ1n) is 15.5. The van der Waals surface area contributed by atoms with Gasteiger partial charge in [-0.3, -0.25) is 4.72 Å². The van der Waals surface area contributed by atoms with Crippen LogP contribution in [0, 0.1) is 0 Å². The summed E-state index contributed by atoms with van der Waals surface area (Å²) in [4.78, 5) is 14.7. The second-order valence-corrected chi connectivity index (χ2v) is 8.13. The molecule has 0 spiro atoms. The van der Waals surface area contributed by atoms with Gasteiger partial charge in [0.25, 0.3) is 10.2 Å². The van der Waals surface area contributed by atoms with Crippen LogP contribution in [0.15, 0.2) is 51.8 Å². The van der Waals surface area contributed by atoms with Crippen LogP contribution in [-0.2, 0) is 10.2 Å². The first-order chi connectivity index (χ1) is 21.2. The molecule has 3 aromatic rings. The minimum atomic E-state index is -5.35. The zero-order valence-corrected chi connectivity index (χ0v) is 19.4. The minimum Gasteiger partial charge on any atom is -0.473 e.